The minimum absolute atomic E-state index is 0.151. The summed E-state index contributed by atoms with van der Waals surface area (Å²) in [4.78, 5) is 7.37. The molecule has 0 bridgehead atoms. The van der Waals surface area contributed by atoms with Crippen molar-refractivity contribution in [3.8, 4) is 0 Å². The van der Waals surface area contributed by atoms with Gasteiger partial charge in [-0.25, -0.2) is 18.4 Å². The second kappa shape index (κ2) is 3.18. The molecule has 0 aliphatic carbocycles. The molecule has 0 atom stereocenters. The van der Waals surface area contributed by atoms with Crippen molar-refractivity contribution in [1.29, 1.82) is 0 Å². The molecule has 5 heteroatoms. The highest BCUT2D eigenvalue weighted by Crippen LogP contribution is 2.01. The van der Waals surface area contributed by atoms with Gasteiger partial charge in [-0.05, 0) is 12.5 Å². The topological polar surface area (TPSA) is 59.9 Å². The molecule has 0 saturated carbocycles. The number of aromatic nitrogens is 2. The summed E-state index contributed by atoms with van der Waals surface area (Å²) < 4.78 is 21.9. The van der Waals surface area contributed by atoms with Crippen LogP contribution >= 0.6 is 0 Å². The van der Waals surface area contributed by atoms with Gasteiger partial charge in [0.15, 0.2) is 0 Å². The molecular formula is C7H9N2O2S. The lowest BCUT2D eigenvalue weighted by Crippen LogP contribution is -2.05. The molecule has 1 heterocycles. The van der Waals surface area contributed by atoms with Crippen LogP contribution in [0.25, 0.3) is 0 Å². The van der Waals surface area contributed by atoms with Crippen molar-refractivity contribution in [2.24, 2.45) is 0 Å². The third-order valence-electron chi connectivity index (χ3n) is 1.32. The van der Waals surface area contributed by atoms with Gasteiger partial charge in [-0.1, -0.05) is 6.92 Å². The van der Waals surface area contributed by atoms with E-state index in [0.717, 1.165) is 6.26 Å². The Hall–Kier alpha value is -0.970. The number of sulfone groups is 1. The second-order valence-electron chi connectivity index (χ2n) is 2.40. The Morgan fingerprint density at radius 2 is 2.25 bits per heavy atom. The molecule has 0 N–H and O–H groups in total. The monoisotopic (exact) mass is 185 g/mol. The minimum atomic E-state index is -3.29. The van der Waals surface area contributed by atoms with Gasteiger partial charge >= 0.3 is 0 Å². The SMILES string of the molecule is CCc1c[c]nc(S(C)(=O)=O)n1. The standard InChI is InChI=1S/C7H9N2O2S/c1-3-6-4-5-8-7(9-6)12(2,10)11/h4H,3H2,1-2H3. The average Bonchev–Trinajstić information content (AvgIpc) is 2.03. The third-order valence-corrected chi connectivity index (χ3v) is 2.17. The van der Waals surface area contributed by atoms with E-state index >= 15 is 0 Å². The number of rotatable bonds is 2. The zero-order valence-corrected chi connectivity index (χ0v) is 7.72. The third kappa shape index (κ3) is 2.01. The summed E-state index contributed by atoms with van der Waals surface area (Å²) in [5.41, 5.74) is 0.686. The van der Waals surface area contributed by atoms with Gasteiger partial charge < -0.3 is 0 Å². The van der Waals surface area contributed by atoms with E-state index in [4.69, 9.17) is 0 Å². The van der Waals surface area contributed by atoms with E-state index in [1.165, 1.54) is 0 Å². The van der Waals surface area contributed by atoms with Crippen LogP contribution in [0.1, 0.15) is 12.6 Å². The largest absolute Gasteiger partial charge is 0.247 e. The smallest absolute Gasteiger partial charge is 0.223 e. The van der Waals surface area contributed by atoms with Crippen LogP contribution in [0.15, 0.2) is 11.2 Å². The van der Waals surface area contributed by atoms with Crippen LogP contribution in [0.4, 0.5) is 0 Å². The fraction of sp³-hybridized carbons (Fsp3) is 0.429. The van der Waals surface area contributed by atoms with Gasteiger partial charge in [0.2, 0.25) is 15.0 Å². The molecule has 0 aliphatic rings. The summed E-state index contributed by atoms with van der Waals surface area (Å²) in [6, 6.07) is 1.58. The Kier molecular flexibility index (Phi) is 2.42. The Balaban J connectivity index is 3.20. The first-order valence-electron chi connectivity index (χ1n) is 3.48. The molecule has 12 heavy (non-hydrogen) atoms. The maximum Gasteiger partial charge on any atom is 0.247 e. The van der Waals surface area contributed by atoms with E-state index < -0.39 is 9.84 Å². The lowest BCUT2D eigenvalue weighted by molar-refractivity contribution is 0.591. The van der Waals surface area contributed by atoms with E-state index in [2.05, 4.69) is 16.2 Å². The van der Waals surface area contributed by atoms with E-state index in [1.807, 2.05) is 6.92 Å². The van der Waals surface area contributed by atoms with Crippen LogP contribution in [-0.2, 0) is 16.3 Å². The van der Waals surface area contributed by atoms with Gasteiger partial charge in [-0.3, -0.25) is 0 Å². The van der Waals surface area contributed by atoms with Crippen LogP contribution in [0.5, 0.6) is 0 Å². The van der Waals surface area contributed by atoms with Gasteiger partial charge in [0.05, 0.1) is 6.20 Å². The van der Waals surface area contributed by atoms with Crippen LogP contribution in [-0.4, -0.2) is 24.6 Å². The zero-order valence-electron chi connectivity index (χ0n) is 6.90. The van der Waals surface area contributed by atoms with Crippen LogP contribution in [0.3, 0.4) is 0 Å². The predicted molar refractivity (Wildman–Crippen MR) is 43.4 cm³/mol. The summed E-state index contributed by atoms with van der Waals surface area (Å²) in [5.74, 6) is 0. The first-order valence-corrected chi connectivity index (χ1v) is 5.37. The first-order chi connectivity index (χ1) is 5.54. The van der Waals surface area contributed by atoms with Crippen molar-refractivity contribution in [1.82, 2.24) is 9.97 Å². The number of hydrogen-bond donors (Lipinski definition) is 0. The van der Waals surface area contributed by atoms with Gasteiger partial charge in [0.1, 0.15) is 0 Å². The van der Waals surface area contributed by atoms with Crippen molar-refractivity contribution in [3.63, 3.8) is 0 Å². The molecule has 0 saturated heterocycles. The normalized spacial score (nSPS) is 11.5. The molecule has 0 unspecified atom stereocenters. The molecule has 1 aromatic heterocycles. The van der Waals surface area contributed by atoms with Crippen molar-refractivity contribution < 1.29 is 8.42 Å². The summed E-state index contributed by atoms with van der Waals surface area (Å²) in [6.45, 7) is 1.89. The maximum absolute atomic E-state index is 11.0. The van der Waals surface area contributed by atoms with Gasteiger partial charge in [0.25, 0.3) is 0 Å². The highest BCUT2D eigenvalue weighted by molar-refractivity contribution is 7.90. The van der Waals surface area contributed by atoms with E-state index in [-0.39, 0.29) is 5.16 Å². The molecule has 0 aliphatic heterocycles. The zero-order chi connectivity index (χ0) is 9.19. The minimum Gasteiger partial charge on any atom is -0.223 e. The Bertz CT molecular complexity index is 373. The van der Waals surface area contributed by atoms with Gasteiger partial charge in [0, 0.05) is 11.9 Å². The summed E-state index contributed by atoms with van der Waals surface area (Å²) in [7, 11) is -3.29. The number of aryl methyl sites for hydroxylation is 1. The summed E-state index contributed by atoms with van der Waals surface area (Å²) in [6.07, 6.45) is 4.26. The molecular weight excluding hydrogens is 176 g/mol. The molecule has 1 radical (unpaired) electrons. The van der Waals surface area contributed by atoms with Crippen molar-refractivity contribution in [2.45, 2.75) is 18.5 Å². The molecule has 1 rings (SSSR count). The van der Waals surface area contributed by atoms with Crippen molar-refractivity contribution in [2.75, 3.05) is 6.26 Å². The summed E-state index contributed by atoms with van der Waals surface area (Å²) >= 11 is 0. The first kappa shape index (κ1) is 9.12. The molecule has 0 fully saturated rings. The fourth-order valence-electron chi connectivity index (χ4n) is 0.689. The van der Waals surface area contributed by atoms with Crippen LogP contribution < -0.4 is 0 Å². The van der Waals surface area contributed by atoms with Crippen molar-refractivity contribution in [3.05, 3.63) is 18.0 Å². The van der Waals surface area contributed by atoms with E-state index in [9.17, 15) is 8.42 Å². The molecule has 0 spiro atoms. The van der Waals surface area contributed by atoms with E-state index in [1.54, 1.807) is 6.07 Å². The van der Waals surface area contributed by atoms with Crippen LogP contribution in [0.2, 0.25) is 0 Å². The lowest BCUT2D eigenvalue weighted by Gasteiger charge is -1.97. The highest BCUT2D eigenvalue weighted by Gasteiger charge is 2.10. The Morgan fingerprint density at radius 1 is 1.58 bits per heavy atom. The van der Waals surface area contributed by atoms with E-state index in [0.29, 0.717) is 12.1 Å². The number of nitrogens with zero attached hydrogens (tertiary/aromatic N) is 2. The molecule has 65 valence electrons. The molecule has 1 aromatic rings. The second-order valence-corrected chi connectivity index (χ2v) is 4.31. The predicted octanol–water partition coefficient (Wildman–Crippen LogP) is 0.243. The average molecular weight is 185 g/mol. The molecule has 0 aromatic carbocycles. The Morgan fingerprint density at radius 3 is 2.75 bits per heavy atom. The summed E-state index contributed by atoms with van der Waals surface area (Å²) in [5, 5.41) is -0.151. The Labute approximate surface area is 71.6 Å². The molecule has 0 amide bonds. The van der Waals surface area contributed by atoms with Gasteiger partial charge in [-0.2, -0.15) is 0 Å². The number of hydrogen-bond acceptors (Lipinski definition) is 4. The fourth-order valence-corrected chi connectivity index (χ4v) is 1.19. The highest BCUT2D eigenvalue weighted by atomic mass is 32.2. The maximum atomic E-state index is 11.0. The quantitative estimate of drug-likeness (QED) is 0.619. The van der Waals surface area contributed by atoms with Crippen molar-refractivity contribution >= 4 is 9.84 Å². The molecule has 4 nitrogen and oxygen atoms in total. The lowest BCUT2D eigenvalue weighted by atomic mass is 10.3. The van der Waals surface area contributed by atoms with Gasteiger partial charge in [-0.15, -0.1) is 0 Å². The van der Waals surface area contributed by atoms with Crippen LogP contribution in [0, 0.1) is 6.20 Å².